The van der Waals surface area contributed by atoms with Gasteiger partial charge in [-0.05, 0) is 63.3 Å². The van der Waals surface area contributed by atoms with Gasteiger partial charge in [0.05, 0.1) is 17.8 Å². The first-order chi connectivity index (χ1) is 12.1. The Hall–Kier alpha value is -1.16. The van der Waals surface area contributed by atoms with Gasteiger partial charge in [0.1, 0.15) is 5.75 Å². The second-order valence-corrected chi connectivity index (χ2v) is 10.7. The largest absolute Gasteiger partial charge is 0.494 e. The van der Waals surface area contributed by atoms with E-state index < -0.39 is 20.0 Å². The molecule has 0 spiro atoms. The van der Waals surface area contributed by atoms with Gasteiger partial charge in [0, 0.05) is 18.1 Å². The topological polar surface area (TPSA) is 92.8 Å². The summed E-state index contributed by atoms with van der Waals surface area (Å²) in [5.41, 5.74) is 0.765. The van der Waals surface area contributed by atoms with Crippen molar-refractivity contribution < 1.29 is 21.6 Å². The van der Waals surface area contributed by atoms with Crippen LogP contribution in [0.15, 0.2) is 23.1 Å². The van der Waals surface area contributed by atoms with E-state index in [1.54, 1.807) is 22.5 Å². The molecular formula is C17H26N2O5S2. The Morgan fingerprint density at radius 3 is 2.27 bits per heavy atom. The molecule has 2 fully saturated rings. The molecule has 0 radical (unpaired) electrons. The van der Waals surface area contributed by atoms with Gasteiger partial charge < -0.3 is 4.74 Å². The summed E-state index contributed by atoms with van der Waals surface area (Å²) in [7, 11) is -6.91. The zero-order valence-electron chi connectivity index (χ0n) is 15.3. The van der Waals surface area contributed by atoms with Crippen LogP contribution in [0, 0.1) is 6.92 Å². The van der Waals surface area contributed by atoms with Crippen LogP contribution in [0.3, 0.4) is 0 Å². The first-order valence-corrected chi connectivity index (χ1v) is 12.2. The number of aryl methyl sites for hydroxylation is 1. The minimum Gasteiger partial charge on any atom is -0.494 e. The summed E-state index contributed by atoms with van der Waals surface area (Å²) in [6, 6.07) is 4.34. The number of benzene rings is 1. The van der Waals surface area contributed by atoms with Crippen molar-refractivity contribution >= 4 is 20.0 Å². The number of ether oxygens (including phenoxy) is 1. The number of nitrogens with zero attached hydrogens (tertiary/aromatic N) is 1. The highest BCUT2D eigenvalue weighted by Gasteiger charge is 2.45. The Labute approximate surface area is 155 Å². The number of nitrogens with one attached hydrogen (secondary N) is 1. The van der Waals surface area contributed by atoms with E-state index in [4.69, 9.17) is 4.74 Å². The molecule has 2 saturated heterocycles. The number of hydrogen-bond acceptors (Lipinski definition) is 5. The minimum absolute atomic E-state index is 0.112. The molecule has 0 amide bonds. The van der Waals surface area contributed by atoms with Crippen LogP contribution in [0.2, 0.25) is 0 Å². The van der Waals surface area contributed by atoms with Crippen LogP contribution in [0.1, 0.15) is 38.2 Å². The lowest BCUT2D eigenvalue weighted by molar-refractivity contribution is 0.221. The van der Waals surface area contributed by atoms with Crippen molar-refractivity contribution in [2.24, 2.45) is 0 Å². The van der Waals surface area contributed by atoms with Crippen molar-refractivity contribution in [2.45, 2.75) is 62.6 Å². The van der Waals surface area contributed by atoms with Crippen molar-refractivity contribution in [3.63, 3.8) is 0 Å². The Morgan fingerprint density at radius 1 is 1.15 bits per heavy atom. The molecule has 7 nitrogen and oxygen atoms in total. The lowest BCUT2D eigenvalue weighted by Crippen LogP contribution is -2.51. The fourth-order valence-electron chi connectivity index (χ4n) is 4.17. The maximum Gasteiger partial charge on any atom is 0.240 e. The maximum atomic E-state index is 12.8. The van der Waals surface area contributed by atoms with Crippen LogP contribution in [0.25, 0.3) is 0 Å². The second-order valence-electron chi connectivity index (χ2n) is 7.13. The first-order valence-electron chi connectivity index (χ1n) is 8.86. The highest BCUT2D eigenvalue weighted by molar-refractivity contribution is 7.89. The van der Waals surface area contributed by atoms with Gasteiger partial charge in [0.15, 0.2) is 0 Å². The molecule has 2 aliphatic rings. The molecule has 9 heteroatoms. The first kappa shape index (κ1) is 19.6. The lowest BCUT2D eigenvalue weighted by Gasteiger charge is -2.37. The zero-order valence-corrected chi connectivity index (χ0v) is 16.9. The highest BCUT2D eigenvalue weighted by Crippen LogP contribution is 2.38. The van der Waals surface area contributed by atoms with Gasteiger partial charge in [-0.25, -0.2) is 21.6 Å². The normalized spacial score (nSPS) is 26.8. The average molecular weight is 403 g/mol. The van der Waals surface area contributed by atoms with Gasteiger partial charge in [-0.1, -0.05) is 0 Å². The highest BCUT2D eigenvalue weighted by atomic mass is 32.2. The second kappa shape index (κ2) is 7.10. The van der Waals surface area contributed by atoms with Crippen LogP contribution in [-0.4, -0.2) is 52.1 Å². The maximum absolute atomic E-state index is 12.8. The summed E-state index contributed by atoms with van der Waals surface area (Å²) < 4.78 is 59.2. The minimum atomic E-state index is -3.66. The van der Waals surface area contributed by atoms with E-state index in [-0.39, 0.29) is 23.0 Å². The van der Waals surface area contributed by atoms with Gasteiger partial charge in [-0.2, -0.15) is 4.31 Å². The fraction of sp³-hybridized carbons (Fsp3) is 0.647. The van der Waals surface area contributed by atoms with Gasteiger partial charge in [0.25, 0.3) is 0 Å². The van der Waals surface area contributed by atoms with Crippen LogP contribution < -0.4 is 9.46 Å². The van der Waals surface area contributed by atoms with E-state index in [2.05, 4.69) is 4.72 Å². The van der Waals surface area contributed by atoms with Gasteiger partial charge in [-0.3, -0.25) is 0 Å². The number of rotatable bonds is 6. The third-order valence-electron chi connectivity index (χ3n) is 5.13. The molecule has 0 aliphatic carbocycles. The van der Waals surface area contributed by atoms with E-state index in [0.29, 0.717) is 25.2 Å². The molecule has 3 rings (SSSR count). The van der Waals surface area contributed by atoms with E-state index in [9.17, 15) is 16.8 Å². The quantitative estimate of drug-likeness (QED) is 0.781. The Balaban J connectivity index is 1.74. The SMILES string of the molecule is CCOc1ccc(S(=O)(=O)NC2CC3CCC(C2)N3S(C)(=O)=O)cc1C. The molecule has 0 aromatic heterocycles. The van der Waals surface area contributed by atoms with Crippen molar-refractivity contribution in [1.82, 2.24) is 9.03 Å². The summed E-state index contributed by atoms with van der Waals surface area (Å²) in [6.45, 7) is 4.21. The molecule has 2 atom stereocenters. The number of sulfonamides is 2. The molecule has 26 heavy (non-hydrogen) atoms. The molecule has 1 aromatic rings. The lowest BCUT2D eigenvalue weighted by atomic mass is 10.0. The molecule has 2 heterocycles. The monoisotopic (exact) mass is 402 g/mol. The van der Waals surface area contributed by atoms with E-state index in [1.165, 1.54) is 6.26 Å². The summed E-state index contributed by atoms with van der Waals surface area (Å²) in [6.07, 6.45) is 3.83. The summed E-state index contributed by atoms with van der Waals surface area (Å²) in [5.74, 6) is 0.672. The van der Waals surface area contributed by atoms with Gasteiger partial charge in [-0.15, -0.1) is 0 Å². The van der Waals surface area contributed by atoms with Gasteiger partial charge >= 0.3 is 0 Å². The summed E-state index contributed by atoms with van der Waals surface area (Å²) in [5, 5.41) is 0. The molecule has 2 bridgehead atoms. The summed E-state index contributed by atoms with van der Waals surface area (Å²) >= 11 is 0. The number of piperidine rings is 1. The number of fused-ring (bicyclic) bond motifs is 2. The molecule has 0 saturated carbocycles. The predicted molar refractivity (Wildman–Crippen MR) is 99.2 cm³/mol. The van der Waals surface area contributed by atoms with Gasteiger partial charge in [0.2, 0.25) is 20.0 Å². The molecule has 146 valence electrons. The molecular weight excluding hydrogens is 376 g/mol. The van der Waals surface area contributed by atoms with Crippen LogP contribution >= 0.6 is 0 Å². The zero-order chi connectivity index (χ0) is 19.1. The van der Waals surface area contributed by atoms with E-state index in [1.807, 2.05) is 13.8 Å². The average Bonchev–Trinajstić information content (AvgIpc) is 2.81. The van der Waals surface area contributed by atoms with Crippen molar-refractivity contribution in [3.8, 4) is 5.75 Å². The van der Waals surface area contributed by atoms with Crippen LogP contribution in [0.4, 0.5) is 0 Å². The number of hydrogen-bond donors (Lipinski definition) is 1. The van der Waals surface area contributed by atoms with Crippen LogP contribution in [-0.2, 0) is 20.0 Å². The van der Waals surface area contributed by atoms with Crippen molar-refractivity contribution in [1.29, 1.82) is 0 Å². The molecule has 1 aromatic carbocycles. The van der Waals surface area contributed by atoms with E-state index >= 15 is 0 Å². The third-order valence-corrected chi connectivity index (χ3v) is 8.01. The summed E-state index contributed by atoms with van der Waals surface area (Å²) in [4.78, 5) is 0.205. The van der Waals surface area contributed by atoms with E-state index in [0.717, 1.165) is 18.4 Å². The van der Waals surface area contributed by atoms with Crippen molar-refractivity contribution in [2.75, 3.05) is 12.9 Å². The third kappa shape index (κ3) is 3.90. The molecule has 2 aliphatic heterocycles. The Morgan fingerprint density at radius 2 is 1.77 bits per heavy atom. The Bertz CT molecular complexity index is 868. The Kier molecular flexibility index (Phi) is 5.35. The molecule has 1 N–H and O–H groups in total. The van der Waals surface area contributed by atoms with Crippen LogP contribution in [0.5, 0.6) is 5.75 Å². The standard InChI is InChI=1S/C17H26N2O5S2/c1-4-24-17-8-7-16(9-12(17)2)26(22,23)18-13-10-14-5-6-15(11-13)19(14)25(3,20)21/h7-9,13-15,18H,4-6,10-11H2,1-3H3. The molecule has 2 unspecified atom stereocenters. The smallest absolute Gasteiger partial charge is 0.240 e. The van der Waals surface area contributed by atoms with Crippen molar-refractivity contribution in [3.05, 3.63) is 23.8 Å². The fourth-order valence-corrected chi connectivity index (χ4v) is 6.98. The predicted octanol–water partition coefficient (Wildman–Crippen LogP) is 1.63.